The molecule has 1 aromatic rings. The Morgan fingerprint density at radius 1 is 1.56 bits per heavy atom. The summed E-state index contributed by atoms with van der Waals surface area (Å²) in [7, 11) is 0. The van der Waals surface area contributed by atoms with E-state index in [1.165, 1.54) is 6.07 Å². The number of rotatable bonds is 3. The third-order valence-electron chi connectivity index (χ3n) is 3.21. The first kappa shape index (κ1) is 13.0. The van der Waals surface area contributed by atoms with Gasteiger partial charge >= 0.3 is 0 Å². The second kappa shape index (κ2) is 5.96. The summed E-state index contributed by atoms with van der Waals surface area (Å²) in [5.41, 5.74) is 0.985. The topological polar surface area (TPSA) is 32.3 Å². The summed E-state index contributed by atoms with van der Waals surface area (Å²) < 4.78 is 13.1. The Labute approximate surface area is 107 Å². The predicted octanol–water partition coefficient (Wildman–Crippen LogP) is 1.93. The van der Waals surface area contributed by atoms with Crippen LogP contribution in [-0.4, -0.2) is 29.9 Å². The largest absolute Gasteiger partial charge is 0.352 e. The van der Waals surface area contributed by atoms with Crippen molar-refractivity contribution in [1.29, 1.82) is 0 Å². The number of piperidine rings is 1. The van der Waals surface area contributed by atoms with Gasteiger partial charge in [-0.1, -0.05) is 12.1 Å². The van der Waals surface area contributed by atoms with Crippen molar-refractivity contribution in [2.75, 3.05) is 13.1 Å². The summed E-state index contributed by atoms with van der Waals surface area (Å²) in [6.07, 6.45) is 2.10. The molecule has 1 N–H and O–H groups in total. The van der Waals surface area contributed by atoms with Crippen LogP contribution >= 0.6 is 0 Å². The quantitative estimate of drug-likeness (QED) is 0.889. The molecule has 1 saturated heterocycles. The van der Waals surface area contributed by atoms with E-state index in [1.807, 2.05) is 6.07 Å². The van der Waals surface area contributed by atoms with Gasteiger partial charge in [0.15, 0.2) is 0 Å². The van der Waals surface area contributed by atoms with Crippen molar-refractivity contribution in [2.45, 2.75) is 32.4 Å². The van der Waals surface area contributed by atoms with Gasteiger partial charge in [0.1, 0.15) is 5.82 Å². The standard InChI is InChI=1S/C14H19FN2O/c1-11(18)16-14-6-3-7-17(10-14)9-12-4-2-5-13(15)8-12/h2,4-5,8,14H,3,6-7,9-10H2,1H3,(H,16,18). The molecule has 0 bridgehead atoms. The normalized spacial score (nSPS) is 20.7. The van der Waals surface area contributed by atoms with Gasteiger partial charge in [-0.15, -0.1) is 0 Å². The first-order chi connectivity index (χ1) is 8.63. The van der Waals surface area contributed by atoms with Crippen LogP contribution < -0.4 is 5.32 Å². The molecule has 0 aromatic heterocycles. The van der Waals surface area contributed by atoms with Crippen molar-refractivity contribution in [1.82, 2.24) is 10.2 Å². The van der Waals surface area contributed by atoms with E-state index < -0.39 is 0 Å². The van der Waals surface area contributed by atoms with Crippen molar-refractivity contribution in [3.8, 4) is 0 Å². The third-order valence-corrected chi connectivity index (χ3v) is 3.21. The summed E-state index contributed by atoms with van der Waals surface area (Å²) in [6.45, 7) is 4.14. The highest BCUT2D eigenvalue weighted by Gasteiger charge is 2.20. The van der Waals surface area contributed by atoms with E-state index in [4.69, 9.17) is 0 Å². The lowest BCUT2D eigenvalue weighted by molar-refractivity contribution is -0.120. The SMILES string of the molecule is CC(=O)NC1CCCN(Cc2cccc(F)c2)C1. The van der Waals surface area contributed by atoms with Gasteiger partial charge in [0.05, 0.1) is 0 Å². The van der Waals surface area contributed by atoms with E-state index in [9.17, 15) is 9.18 Å². The molecule has 1 amide bonds. The molecule has 1 aliphatic rings. The Morgan fingerprint density at radius 2 is 2.39 bits per heavy atom. The predicted molar refractivity (Wildman–Crippen MR) is 68.5 cm³/mol. The van der Waals surface area contributed by atoms with Crippen LogP contribution in [0.25, 0.3) is 0 Å². The molecule has 1 aromatic carbocycles. The van der Waals surface area contributed by atoms with Crippen LogP contribution in [0.15, 0.2) is 24.3 Å². The zero-order valence-electron chi connectivity index (χ0n) is 10.7. The van der Waals surface area contributed by atoms with E-state index in [1.54, 1.807) is 19.1 Å². The molecule has 0 spiro atoms. The highest BCUT2D eigenvalue weighted by atomic mass is 19.1. The smallest absolute Gasteiger partial charge is 0.217 e. The average Bonchev–Trinajstić information content (AvgIpc) is 2.28. The van der Waals surface area contributed by atoms with Gasteiger partial charge < -0.3 is 5.32 Å². The molecule has 98 valence electrons. The first-order valence-corrected chi connectivity index (χ1v) is 6.37. The number of hydrogen-bond acceptors (Lipinski definition) is 2. The van der Waals surface area contributed by atoms with Gasteiger partial charge in [0.2, 0.25) is 5.91 Å². The van der Waals surface area contributed by atoms with Gasteiger partial charge in [0, 0.05) is 26.1 Å². The number of carbonyl (C=O) groups is 1. The molecule has 0 radical (unpaired) electrons. The molecule has 1 atom stereocenters. The summed E-state index contributed by atoms with van der Waals surface area (Å²) in [5.74, 6) is -0.171. The van der Waals surface area contributed by atoms with Crippen LogP contribution in [-0.2, 0) is 11.3 Å². The lowest BCUT2D eigenvalue weighted by atomic mass is 10.0. The maximum Gasteiger partial charge on any atom is 0.217 e. The molecule has 1 aliphatic heterocycles. The van der Waals surface area contributed by atoms with E-state index in [0.29, 0.717) is 0 Å². The number of likely N-dealkylation sites (tertiary alicyclic amines) is 1. The zero-order chi connectivity index (χ0) is 13.0. The molecular formula is C14H19FN2O. The van der Waals surface area contributed by atoms with Crippen LogP contribution in [0, 0.1) is 5.82 Å². The Bertz CT molecular complexity index is 422. The van der Waals surface area contributed by atoms with Gasteiger partial charge in [-0.3, -0.25) is 9.69 Å². The molecule has 3 nitrogen and oxygen atoms in total. The van der Waals surface area contributed by atoms with Gasteiger partial charge in [-0.2, -0.15) is 0 Å². The maximum absolute atomic E-state index is 13.1. The summed E-state index contributed by atoms with van der Waals surface area (Å²) in [6, 6.07) is 6.93. The summed E-state index contributed by atoms with van der Waals surface area (Å²) >= 11 is 0. The fourth-order valence-corrected chi connectivity index (χ4v) is 2.50. The van der Waals surface area contributed by atoms with E-state index in [2.05, 4.69) is 10.2 Å². The minimum atomic E-state index is -0.192. The van der Waals surface area contributed by atoms with E-state index in [0.717, 1.165) is 38.0 Å². The first-order valence-electron chi connectivity index (χ1n) is 6.37. The lowest BCUT2D eigenvalue weighted by Crippen LogP contribution is -2.46. The van der Waals surface area contributed by atoms with E-state index in [-0.39, 0.29) is 17.8 Å². The second-order valence-electron chi connectivity index (χ2n) is 4.90. The molecule has 0 aliphatic carbocycles. The number of benzene rings is 1. The number of amides is 1. The number of carbonyl (C=O) groups excluding carboxylic acids is 1. The van der Waals surface area contributed by atoms with Crippen LogP contribution in [0.1, 0.15) is 25.3 Å². The van der Waals surface area contributed by atoms with Gasteiger partial charge in [-0.25, -0.2) is 4.39 Å². The second-order valence-corrected chi connectivity index (χ2v) is 4.90. The van der Waals surface area contributed by atoms with Crippen molar-refractivity contribution < 1.29 is 9.18 Å². The number of nitrogens with one attached hydrogen (secondary N) is 1. The molecule has 1 unspecified atom stereocenters. The van der Waals surface area contributed by atoms with Crippen molar-refractivity contribution in [3.63, 3.8) is 0 Å². The molecule has 1 fully saturated rings. The molecule has 0 saturated carbocycles. The minimum Gasteiger partial charge on any atom is -0.352 e. The number of hydrogen-bond donors (Lipinski definition) is 1. The Kier molecular flexibility index (Phi) is 4.31. The molecule has 2 rings (SSSR count). The summed E-state index contributed by atoms with van der Waals surface area (Å²) in [5, 5.41) is 2.95. The maximum atomic E-state index is 13.1. The van der Waals surface area contributed by atoms with Crippen LogP contribution in [0.3, 0.4) is 0 Å². The highest BCUT2D eigenvalue weighted by Crippen LogP contribution is 2.14. The minimum absolute atomic E-state index is 0.0209. The van der Waals surface area contributed by atoms with Gasteiger partial charge in [-0.05, 0) is 37.1 Å². The Morgan fingerprint density at radius 3 is 3.11 bits per heavy atom. The average molecular weight is 250 g/mol. The van der Waals surface area contributed by atoms with Crippen molar-refractivity contribution in [2.24, 2.45) is 0 Å². The molecule has 18 heavy (non-hydrogen) atoms. The number of nitrogens with zero attached hydrogens (tertiary/aromatic N) is 1. The van der Waals surface area contributed by atoms with Crippen molar-refractivity contribution in [3.05, 3.63) is 35.6 Å². The molecule has 4 heteroatoms. The lowest BCUT2D eigenvalue weighted by Gasteiger charge is -2.32. The fourth-order valence-electron chi connectivity index (χ4n) is 2.50. The third kappa shape index (κ3) is 3.81. The van der Waals surface area contributed by atoms with Crippen LogP contribution in [0.2, 0.25) is 0 Å². The Hall–Kier alpha value is -1.42. The van der Waals surface area contributed by atoms with Gasteiger partial charge in [0.25, 0.3) is 0 Å². The number of halogens is 1. The van der Waals surface area contributed by atoms with Crippen LogP contribution in [0.5, 0.6) is 0 Å². The molecular weight excluding hydrogens is 231 g/mol. The Balaban J connectivity index is 1.91. The highest BCUT2D eigenvalue weighted by molar-refractivity contribution is 5.73. The van der Waals surface area contributed by atoms with Crippen molar-refractivity contribution >= 4 is 5.91 Å². The van der Waals surface area contributed by atoms with Crippen LogP contribution in [0.4, 0.5) is 4.39 Å². The monoisotopic (exact) mass is 250 g/mol. The fraction of sp³-hybridized carbons (Fsp3) is 0.500. The molecule has 1 heterocycles. The zero-order valence-corrected chi connectivity index (χ0v) is 10.7. The summed E-state index contributed by atoms with van der Waals surface area (Å²) in [4.78, 5) is 13.3. The van der Waals surface area contributed by atoms with E-state index >= 15 is 0 Å².